The third kappa shape index (κ3) is 4.07. The number of hydrazone groups is 1. The van der Waals surface area contributed by atoms with Gasteiger partial charge in [-0.25, -0.2) is 5.43 Å². The van der Waals surface area contributed by atoms with Crippen LogP contribution in [0.4, 0.5) is 5.69 Å². The van der Waals surface area contributed by atoms with Crippen molar-refractivity contribution in [1.82, 2.24) is 5.43 Å². The Morgan fingerprint density at radius 2 is 1.62 bits per heavy atom. The fourth-order valence-corrected chi connectivity index (χ4v) is 2.24. The molecule has 2 aromatic rings. The summed E-state index contributed by atoms with van der Waals surface area (Å²) >= 11 is 0. The maximum atomic E-state index is 12.1. The van der Waals surface area contributed by atoms with Crippen molar-refractivity contribution in [3.8, 4) is 0 Å². The third-order valence-corrected chi connectivity index (χ3v) is 3.88. The summed E-state index contributed by atoms with van der Waals surface area (Å²) < 4.78 is 0. The summed E-state index contributed by atoms with van der Waals surface area (Å²) in [5.41, 5.74) is 5.43. The first kappa shape index (κ1) is 15.9. The van der Waals surface area contributed by atoms with Crippen LogP contribution in [0.5, 0.6) is 0 Å². The van der Waals surface area contributed by atoms with Gasteiger partial charge in [0.2, 0.25) is 5.91 Å². The lowest BCUT2D eigenvalue weighted by Gasteiger charge is -2.06. The third-order valence-electron chi connectivity index (χ3n) is 3.88. The normalized spacial score (nSPS) is 14.1. The Hall–Kier alpha value is -2.95. The van der Waals surface area contributed by atoms with Crippen molar-refractivity contribution in [2.45, 2.75) is 19.8 Å². The van der Waals surface area contributed by atoms with Crippen LogP contribution in [-0.4, -0.2) is 17.5 Å². The highest BCUT2D eigenvalue weighted by Gasteiger charge is 2.29. The van der Waals surface area contributed by atoms with Gasteiger partial charge in [-0.15, -0.1) is 0 Å². The van der Waals surface area contributed by atoms with Gasteiger partial charge in [-0.3, -0.25) is 9.59 Å². The molecule has 1 aliphatic rings. The van der Waals surface area contributed by atoms with E-state index >= 15 is 0 Å². The van der Waals surface area contributed by atoms with Gasteiger partial charge < -0.3 is 5.32 Å². The molecule has 0 spiro atoms. The molecule has 5 nitrogen and oxygen atoms in total. The standard InChI is InChI=1S/C19H19N3O2/c1-13(14-5-3-2-4-6-14)21-22-19(24)16-9-11-17(12-10-16)20-18(23)15-7-8-15/h2-6,9-12,15H,7-8H2,1H3,(H,20,23)(H,22,24). The lowest BCUT2D eigenvalue weighted by atomic mass is 10.1. The Morgan fingerprint density at radius 3 is 2.25 bits per heavy atom. The molecule has 0 radical (unpaired) electrons. The van der Waals surface area contributed by atoms with Gasteiger partial charge >= 0.3 is 0 Å². The SMILES string of the molecule is CC(=NNC(=O)c1ccc(NC(=O)C2CC2)cc1)c1ccccc1. The number of nitrogens with one attached hydrogen (secondary N) is 2. The van der Waals surface area contributed by atoms with Crippen LogP contribution in [0.1, 0.15) is 35.7 Å². The van der Waals surface area contributed by atoms with E-state index in [-0.39, 0.29) is 17.7 Å². The first-order chi connectivity index (χ1) is 11.6. The molecule has 2 aromatic carbocycles. The zero-order valence-corrected chi connectivity index (χ0v) is 13.5. The van der Waals surface area contributed by atoms with Crippen molar-refractivity contribution in [3.05, 3.63) is 65.7 Å². The lowest BCUT2D eigenvalue weighted by Crippen LogP contribution is -2.19. The summed E-state index contributed by atoms with van der Waals surface area (Å²) in [4.78, 5) is 23.8. The van der Waals surface area contributed by atoms with Crippen molar-refractivity contribution in [3.63, 3.8) is 0 Å². The highest BCUT2D eigenvalue weighted by molar-refractivity contribution is 6.01. The molecule has 1 fully saturated rings. The van der Waals surface area contributed by atoms with Crippen LogP contribution in [0.25, 0.3) is 0 Å². The number of rotatable bonds is 5. The molecule has 2 N–H and O–H groups in total. The number of carbonyl (C=O) groups is 2. The van der Waals surface area contributed by atoms with Crippen molar-refractivity contribution in [2.75, 3.05) is 5.32 Å². The van der Waals surface area contributed by atoms with E-state index in [4.69, 9.17) is 0 Å². The van der Waals surface area contributed by atoms with E-state index in [0.717, 1.165) is 24.1 Å². The summed E-state index contributed by atoms with van der Waals surface area (Å²) in [7, 11) is 0. The largest absolute Gasteiger partial charge is 0.326 e. The van der Waals surface area contributed by atoms with Crippen LogP contribution in [0, 0.1) is 5.92 Å². The molecule has 3 rings (SSSR count). The molecule has 0 atom stereocenters. The Morgan fingerprint density at radius 1 is 0.958 bits per heavy atom. The Bertz CT molecular complexity index is 763. The van der Waals surface area contributed by atoms with Gasteiger partial charge in [0, 0.05) is 17.2 Å². The second kappa shape index (κ2) is 7.08. The van der Waals surface area contributed by atoms with Gasteiger partial charge in [0.1, 0.15) is 0 Å². The Balaban J connectivity index is 1.59. The molecule has 0 heterocycles. The Labute approximate surface area is 140 Å². The summed E-state index contributed by atoms with van der Waals surface area (Å²) in [6, 6.07) is 16.4. The van der Waals surface area contributed by atoms with Gasteiger partial charge in [0.05, 0.1) is 5.71 Å². The van der Waals surface area contributed by atoms with Gasteiger partial charge in [-0.05, 0) is 49.6 Å². The monoisotopic (exact) mass is 321 g/mol. The van der Waals surface area contributed by atoms with Crippen LogP contribution in [0.15, 0.2) is 59.7 Å². The van der Waals surface area contributed by atoms with Crippen LogP contribution in [-0.2, 0) is 4.79 Å². The lowest BCUT2D eigenvalue weighted by molar-refractivity contribution is -0.117. The number of nitrogens with zero attached hydrogens (tertiary/aromatic N) is 1. The predicted octanol–water partition coefficient (Wildman–Crippen LogP) is 3.19. The van der Waals surface area contributed by atoms with E-state index in [1.54, 1.807) is 24.3 Å². The maximum absolute atomic E-state index is 12.1. The molecular weight excluding hydrogens is 302 g/mol. The van der Waals surface area contributed by atoms with E-state index in [2.05, 4.69) is 15.8 Å². The average Bonchev–Trinajstić information content (AvgIpc) is 3.46. The predicted molar refractivity (Wildman–Crippen MR) is 93.9 cm³/mol. The molecule has 122 valence electrons. The quantitative estimate of drug-likeness (QED) is 0.656. The molecule has 24 heavy (non-hydrogen) atoms. The zero-order chi connectivity index (χ0) is 16.9. The molecule has 1 saturated carbocycles. The van der Waals surface area contributed by atoms with Crippen molar-refractivity contribution in [1.29, 1.82) is 0 Å². The molecule has 0 saturated heterocycles. The first-order valence-corrected chi connectivity index (χ1v) is 7.94. The molecule has 0 unspecified atom stereocenters. The van der Waals surface area contributed by atoms with Crippen LogP contribution >= 0.6 is 0 Å². The van der Waals surface area contributed by atoms with Crippen molar-refractivity contribution in [2.24, 2.45) is 11.0 Å². The van der Waals surface area contributed by atoms with Gasteiger partial charge in [0.15, 0.2) is 0 Å². The van der Waals surface area contributed by atoms with Gasteiger partial charge in [-0.2, -0.15) is 5.10 Å². The summed E-state index contributed by atoms with van der Waals surface area (Å²) in [5, 5.41) is 6.96. The minimum atomic E-state index is -0.287. The number of hydrogen-bond acceptors (Lipinski definition) is 3. The van der Waals surface area contributed by atoms with E-state index in [0.29, 0.717) is 11.3 Å². The topological polar surface area (TPSA) is 70.6 Å². The second-order valence-corrected chi connectivity index (χ2v) is 5.85. The smallest absolute Gasteiger partial charge is 0.271 e. The summed E-state index contributed by atoms with van der Waals surface area (Å²) in [5.74, 6) is -0.0797. The van der Waals surface area contributed by atoms with E-state index < -0.39 is 0 Å². The van der Waals surface area contributed by atoms with Crippen LogP contribution in [0.2, 0.25) is 0 Å². The molecule has 0 aliphatic heterocycles. The number of anilines is 1. The minimum Gasteiger partial charge on any atom is -0.326 e. The fourth-order valence-electron chi connectivity index (χ4n) is 2.24. The molecule has 0 bridgehead atoms. The van der Waals surface area contributed by atoms with Crippen molar-refractivity contribution < 1.29 is 9.59 Å². The molecule has 0 aromatic heterocycles. The number of amides is 2. The first-order valence-electron chi connectivity index (χ1n) is 7.94. The summed E-state index contributed by atoms with van der Waals surface area (Å²) in [6.07, 6.45) is 1.93. The highest BCUT2D eigenvalue weighted by atomic mass is 16.2. The molecule has 2 amide bonds. The van der Waals surface area contributed by atoms with E-state index in [9.17, 15) is 9.59 Å². The zero-order valence-electron chi connectivity index (χ0n) is 13.5. The van der Waals surface area contributed by atoms with Crippen LogP contribution < -0.4 is 10.7 Å². The minimum absolute atomic E-state index is 0.0512. The van der Waals surface area contributed by atoms with Crippen LogP contribution in [0.3, 0.4) is 0 Å². The van der Waals surface area contributed by atoms with Crippen molar-refractivity contribution >= 4 is 23.2 Å². The average molecular weight is 321 g/mol. The van der Waals surface area contributed by atoms with Gasteiger partial charge in [0.25, 0.3) is 5.91 Å². The molecule has 5 heteroatoms. The second-order valence-electron chi connectivity index (χ2n) is 5.85. The fraction of sp³-hybridized carbons (Fsp3) is 0.211. The maximum Gasteiger partial charge on any atom is 0.271 e. The molecular formula is C19H19N3O2. The van der Waals surface area contributed by atoms with E-state index in [1.165, 1.54) is 0 Å². The summed E-state index contributed by atoms with van der Waals surface area (Å²) in [6.45, 7) is 1.84. The molecule has 1 aliphatic carbocycles. The highest BCUT2D eigenvalue weighted by Crippen LogP contribution is 2.30. The number of hydrogen-bond donors (Lipinski definition) is 2. The van der Waals surface area contributed by atoms with Gasteiger partial charge in [-0.1, -0.05) is 30.3 Å². The van der Waals surface area contributed by atoms with E-state index in [1.807, 2.05) is 37.3 Å². The number of benzene rings is 2. The Kier molecular flexibility index (Phi) is 4.70. The number of carbonyl (C=O) groups excluding carboxylic acids is 2.